The fourth-order valence-electron chi connectivity index (χ4n) is 1.09. The summed E-state index contributed by atoms with van der Waals surface area (Å²) in [6.07, 6.45) is 0.617. The van der Waals surface area contributed by atoms with Gasteiger partial charge in [0, 0.05) is 13.2 Å². The minimum Gasteiger partial charge on any atom is -0.383 e. The first-order chi connectivity index (χ1) is 6.52. The van der Waals surface area contributed by atoms with E-state index < -0.39 is 10.0 Å². The predicted octanol–water partition coefficient (Wildman–Crippen LogP) is -0.450. The van der Waals surface area contributed by atoms with E-state index in [1.54, 1.807) is 21.1 Å². The van der Waals surface area contributed by atoms with Crippen LogP contribution in [-0.4, -0.2) is 47.5 Å². The lowest BCUT2D eigenvalue weighted by Crippen LogP contribution is -2.37. The van der Waals surface area contributed by atoms with Crippen molar-refractivity contribution < 1.29 is 13.2 Å². The van der Waals surface area contributed by atoms with Crippen LogP contribution in [0.3, 0.4) is 0 Å². The van der Waals surface area contributed by atoms with E-state index in [1.165, 1.54) is 0 Å². The van der Waals surface area contributed by atoms with Gasteiger partial charge in [0.15, 0.2) is 0 Å². The van der Waals surface area contributed by atoms with Crippen LogP contribution in [0.25, 0.3) is 0 Å². The molecule has 0 bridgehead atoms. The van der Waals surface area contributed by atoms with Crippen LogP contribution < -0.4 is 10.0 Å². The van der Waals surface area contributed by atoms with E-state index in [9.17, 15) is 8.42 Å². The molecule has 0 aliphatic carbocycles. The Morgan fingerprint density at radius 2 is 2.07 bits per heavy atom. The van der Waals surface area contributed by atoms with Crippen molar-refractivity contribution in [2.45, 2.75) is 19.4 Å². The van der Waals surface area contributed by atoms with E-state index in [0.717, 1.165) is 0 Å². The summed E-state index contributed by atoms with van der Waals surface area (Å²) in [6, 6.07) is -0.167. The fourth-order valence-corrected chi connectivity index (χ4v) is 2.41. The molecule has 0 saturated carbocycles. The van der Waals surface area contributed by atoms with Crippen molar-refractivity contribution in [1.82, 2.24) is 10.0 Å². The van der Waals surface area contributed by atoms with Gasteiger partial charge in [-0.05, 0) is 26.9 Å². The summed E-state index contributed by atoms with van der Waals surface area (Å²) in [5.41, 5.74) is 0. The zero-order chi connectivity index (χ0) is 11.0. The number of rotatable bonds is 8. The van der Waals surface area contributed by atoms with Gasteiger partial charge in [0.25, 0.3) is 0 Å². The van der Waals surface area contributed by atoms with Gasteiger partial charge in [0.1, 0.15) is 0 Å². The first-order valence-corrected chi connectivity index (χ1v) is 6.30. The van der Waals surface area contributed by atoms with Gasteiger partial charge in [-0.3, -0.25) is 0 Å². The third-order valence-electron chi connectivity index (χ3n) is 1.64. The number of sulfonamides is 1. The molecule has 14 heavy (non-hydrogen) atoms. The second-order valence-corrected chi connectivity index (χ2v) is 5.12. The molecule has 1 unspecified atom stereocenters. The number of hydrogen-bond acceptors (Lipinski definition) is 4. The summed E-state index contributed by atoms with van der Waals surface area (Å²) in [5.74, 6) is 0.155. The van der Waals surface area contributed by atoms with Gasteiger partial charge < -0.3 is 10.1 Å². The Morgan fingerprint density at radius 3 is 2.57 bits per heavy atom. The smallest absolute Gasteiger partial charge is 0.211 e. The average Bonchev–Trinajstić information content (AvgIpc) is 2.03. The Hall–Kier alpha value is -0.170. The maximum atomic E-state index is 11.4. The lowest BCUT2D eigenvalue weighted by Gasteiger charge is -2.12. The van der Waals surface area contributed by atoms with E-state index in [4.69, 9.17) is 4.74 Å². The molecule has 0 fully saturated rings. The van der Waals surface area contributed by atoms with Gasteiger partial charge in [-0.2, -0.15) is 0 Å². The molecule has 0 aromatic rings. The molecule has 2 N–H and O–H groups in total. The molecule has 0 heterocycles. The first kappa shape index (κ1) is 13.8. The Balaban J connectivity index is 3.82. The molecule has 0 amide bonds. The molecule has 0 aromatic carbocycles. The van der Waals surface area contributed by atoms with Gasteiger partial charge in [-0.15, -0.1) is 0 Å². The molecule has 0 spiro atoms. The predicted molar refractivity (Wildman–Crippen MR) is 56.8 cm³/mol. The maximum Gasteiger partial charge on any atom is 0.211 e. The van der Waals surface area contributed by atoms with E-state index in [-0.39, 0.29) is 11.8 Å². The van der Waals surface area contributed by atoms with Crippen molar-refractivity contribution in [1.29, 1.82) is 0 Å². The molecular weight excluding hydrogens is 204 g/mol. The van der Waals surface area contributed by atoms with Crippen LogP contribution in [0.2, 0.25) is 0 Å². The number of ether oxygens (including phenoxy) is 1. The van der Waals surface area contributed by atoms with Gasteiger partial charge >= 0.3 is 0 Å². The monoisotopic (exact) mass is 224 g/mol. The number of hydrogen-bond donors (Lipinski definition) is 2. The largest absolute Gasteiger partial charge is 0.383 e. The highest BCUT2D eigenvalue weighted by atomic mass is 32.2. The summed E-state index contributed by atoms with van der Waals surface area (Å²) in [7, 11) is 0.201. The standard InChI is InChI=1S/C8H20N2O3S/c1-8(7-13-3)10-14(11,12)6-4-5-9-2/h8-10H,4-7H2,1-3H3. The van der Waals surface area contributed by atoms with Gasteiger partial charge in [0.05, 0.1) is 12.4 Å². The quantitative estimate of drug-likeness (QED) is 0.548. The zero-order valence-corrected chi connectivity index (χ0v) is 9.86. The highest BCUT2D eigenvalue weighted by Gasteiger charge is 2.13. The van der Waals surface area contributed by atoms with Gasteiger partial charge in [-0.25, -0.2) is 13.1 Å². The Morgan fingerprint density at radius 1 is 1.43 bits per heavy atom. The van der Waals surface area contributed by atoms with Crippen LogP contribution in [0, 0.1) is 0 Å². The normalized spacial score (nSPS) is 14.2. The van der Waals surface area contributed by atoms with E-state index in [0.29, 0.717) is 19.6 Å². The minimum absolute atomic E-state index is 0.155. The van der Waals surface area contributed by atoms with E-state index in [1.807, 2.05) is 0 Å². The fraction of sp³-hybridized carbons (Fsp3) is 1.00. The third-order valence-corrected chi connectivity index (χ3v) is 3.22. The second-order valence-electron chi connectivity index (χ2n) is 3.25. The van der Waals surface area contributed by atoms with Crippen LogP contribution in [0.5, 0.6) is 0 Å². The van der Waals surface area contributed by atoms with Crippen LogP contribution in [0.15, 0.2) is 0 Å². The van der Waals surface area contributed by atoms with Crippen molar-refractivity contribution >= 4 is 10.0 Å². The number of nitrogens with one attached hydrogen (secondary N) is 2. The Labute approximate surface area is 86.3 Å². The molecular formula is C8H20N2O3S. The molecule has 0 rings (SSSR count). The molecule has 0 aliphatic heterocycles. The van der Waals surface area contributed by atoms with Gasteiger partial charge in [-0.1, -0.05) is 0 Å². The lowest BCUT2D eigenvalue weighted by molar-refractivity contribution is 0.180. The van der Waals surface area contributed by atoms with Gasteiger partial charge in [0.2, 0.25) is 10.0 Å². The molecule has 0 aliphatic rings. The second kappa shape index (κ2) is 7.17. The molecule has 0 radical (unpaired) electrons. The molecule has 0 saturated heterocycles. The highest BCUT2D eigenvalue weighted by Crippen LogP contribution is 1.92. The minimum atomic E-state index is -3.15. The molecule has 1 atom stereocenters. The van der Waals surface area contributed by atoms with Crippen LogP contribution in [-0.2, 0) is 14.8 Å². The zero-order valence-electron chi connectivity index (χ0n) is 9.04. The van der Waals surface area contributed by atoms with Crippen molar-refractivity contribution in [2.75, 3.05) is 33.1 Å². The lowest BCUT2D eigenvalue weighted by atomic mass is 10.4. The molecule has 5 nitrogen and oxygen atoms in total. The topological polar surface area (TPSA) is 67.4 Å². The summed E-state index contributed by atoms with van der Waals surface area (Å²) >= 11 is 0. The molecule has 0 aromatic heterocycles. The van der Waals surface area contributed by atoms with E-state index in [2.05, 4.69) is 10.0 Å². The van der Waals surface area contributed by atoms with Crippen molar-refractivity contribution in [3.05, 3.63) is 0 Å². The summed E-state index contributed by atoms with van der Waals surface area (Å²) in [4.78, 5) is 0. The Bertz CT molecular complexity index is 229. The van der Waals surface area contributed by atoms with Crippen LogP contribution in [0.4, 0.5) is 0 Å². The van der Waals surface area contributed by atoms with Crippen molar-refractivity contribution in [3.8, 4) is 0 Å². The maximum absolute atomic E-state index is 11.4. The van der Waals surface area contributed by atoms with E-state index >= 15 is 0 Å². The summed E-state index contributed by atoms with van der Waals surface area (Å²) in [6.45, 7) is 2.88. The summed E-state index contributed by atoms with van der Waals surface area (Å²) in [5, 5.41) is 2.90. The highest BCUT2D eigenvalue weighted by molar-refractivity contribution is 7.89. The number of methoxy groups -OCH3 is 1. The van der Waals surface area contributed by atoms with Crippen LogP contribution >= 0.6 is 0 Å². The SMILES string of the molecule is CNCCCS(=O)(=O)NC(C)COC. The summed E-state index contributed by atoms with van der Waals surface area (Å²) < 4.78 is 30.2. The molecule has 86 valence electrons. The molecule has 6 heteroatoms. The third kappa shape index (κ3) is 7.25. The van der Waals surface area contributed by atoms with Crippen LogP contribution in [0.1, 0.15) is 13.3 Å². The average molecular weight is 224 g/mol. The Kier molecular flexibility index (Phi) is 7.08. The van der Waals surface area contributed by atoms with Crippen molar-refractivity contribution in [2.24, 2.45) is 0 Å². The van der Waals surface area contributed by atoms with Crippen molar-refractivity contribution in [3.63, 3.8) is 0 Å². The first-order valence-electron chi connectivity index (χ1n) is 4.65.